The molecule has 6 nitrogen and oxygen atoms in total. The van der Waals surface area contributed by atoms with Crippen molar-refractivity contribution in [3.63, 3.8) is 0 Å². The Morgan fingerprint density at radius 2 is 2.13 bits per heavy atom. The topological polar surface area (TPSA) is 68.3 Å². The van der Waals surface area contributed by atoms with Crippen LogP contribution in [0.2, 0.25) is 0 Å². The first-order chi connectivity index (χ1) is 14.4. The van der Waals surface area contributed by atoms with E-state index in [1.54, 1.807) is 12.3 Å². The lowest BCUT2D eigenvalue weighted by molar-refractivity contribution is 0.0379. The first-order valence-electron chi connectivity index (χ1n) is 10.4. The summed E-state index contributed by atoms with van der Waals surface area (Å²) in [5.74, 6) is 1.15. The molecule has 4 rings (SSSR count). The molecule has 2 aliphatic rings. The van der Waals surface area contributed by atoms with Crippen molar-refractivity contribution in [2.24, 2.45) is 0 Å². The van der Waals surface area contributed by atoms with Crippen LogP contribution >= 0.6 is 15.9 Å². The number of anilines is 1. The van der Waals surface area contributed by atoms with Crippen molar-refractivity contribution in [1.29, 1.82) is 5.26 Å². The SMILES string of the molecule is C=C1CCC(CN(C)F)N1C.N#Cc1cc2c(Br)c(NC3CCCCC3)ncc2o1. The molecule has 1 N–H and O–H groups in total. The Kier molecular flexibility index (Phi) is 7.73. The summed E-state index contributed by atoms with van der Waals surface area (Å²) in [4.78, 5) is 6.45. The molecule has 1 aliphatic heterocycles. The number of allylic oxidation sites excluding steroid dienone is 1. The number of fused-ring (bicyclic) bond motifs is 1. The molecule has 2 fully saturated rings. The summed E-state index contributed by atoms with van der Waals surface area (Å²) in [6.45, 7) is 4.36. The van der Waals surface area contributed by atoms with Gasteiger partial charge in [-0.05, 0) is 41.6 Å². The molecule has 2 aromatic heterocycles. The molecule has 1 unspecified atom stereocenters. The number of nitrogens with zero attached hydrogens (tertiary/aromatic N) is 4. The van der Waals surface area contributed by atoms with Crippen LogP contribution in [0.15, 0.2) is 33.4 Å². The zero-order chi connectivity index (χ0) is 21.7. The molecule has 1 atom stereocenters. The van der Waals surface area contributed by atoms with E-state index in [-0.39, 0.29) is 0 Å². The molecule has 0 bridgehead atoms. The van der Waals surface area contributed by atoms with Gasteiger partial charge in [-0.2, -0.15) is 5.26 Å². The highest BCUT2D eigenvalue weighted by molar-refractivity contribution is 9.10. The van der Waals surface area contributed by atoms with Gasteiger partial charge in [0, 0.05) is 49.9 Å². The van der Waals surface area contributed by atoms with E-state index in [0.717, 1.165) is 39.3 Å². The maximum Gasteiger partial charge on any atom is 0.204 e. The number of rotatable bonds is 4. The van der Waals surface area contributed by atoms with E-state index in [1.165, 1.54) is 39.2 Å². The summed E-state index contributed by atoms with van der Waals surface area (Å²) in [6, 6.07) is 4.57. The summed E-state index contributed by atoms with van der Waals surface area (Å²) in [5.41, 5.74) is 1.76. The van der Waals surface area contributed by atoms with E-state index in [4.69, 9.17) is 9.68 Å². The van der Waals surface area contributed by atoms with Crippen LogP contribution in [-0.2, 0) is 0 Å². The molecule has 1 saturated carbocycles. The number of hydrogen-bond acceptors (Lipinski definition) is 6. The molecule has 0 amide bonds. The number of nitrogens with one attached hydrogen (secondary N) is 1. The van der Waals surface area contributed by atoms with Crippen molar-refractivity contribution < 1.29 is 8.90 Å². The Labute approximate surface area is 185 Å². The number of halogens is 2. The molecular weight excluding hydrogens is 449 g/mol. The highest BCUT2D eigenvalue weighted by Crippen LogP contribution is 2.33. The van der Waals surface area contributed by atoms with Crippen molar-refractivity contribution >= 4 is 32.7 Å². The zero-order valence-electron chi connectivity index (χ0n) is 17.6. The quantitative estimate of drug-likeness (QED) is 0.576. The second-order valence-electron chi connectivity index (χ2n) is 8.06. The van der Waals surface area contributed by atoms with Gasteiger partial charge < -0.3 is 14.6 Å². The van der Waals surface area contributed by atoms with Crippen LogP contribution in [0.5, 0.6) is 0 Å². The largest absolute Gasteiger partial charge is 0.444 e. The van der Waals surface area contributed by atoms with Crippen LogP contribution in [0.1, 0.15) is 50.7 Å². The minimum Gasteiger partial charge on any atom is -0.444 e. The van der Waals surface area contributed by atoms with Crippen LogP contribution in [-0.4, -0.2) is 47.7 Å². The minimum absolute atomic E-state index is 0.312. The van der Waals surface area contributed by atoms with Gasteiger partial charge in [0.25, 0.3) is 0 Å². The van der Waals surface area contributed by atoms with E-state index in [0.29, 0.717) is 30.0 Å². The molecule has 0 radical (unpaired) electrons. The van der Waals surface area contributed by atoms with Gasteiger partial charge in [0.15, 0.2) is 5.58 Å². The van der Waals surface area contributed by atoms with Crippen molar-refractivity contribution in [2.45, 2.75) is 57.0 Å². The molecule has 1 saturated heterocycles. The van der Waals surface area contributed by atoms with E-state index >= 15 is 0 Å². The second kappa shape index (κ2) is 10.3. The number of nitriles is 1. The zero-order valence-corrected chi connectivity index (χ0v) is 19.2. The summed E-state index contributed by atoms with van der Waals surface area (Å²) in [6.07, 6.45) is 10.00. The van der Waals surface area contributed by atoms with Crippen LogP contribution in [0, 0.1) is 11.3 Å². The third-order valence-electron chi connectivity index (χ3n) is 5.85. The lowest BCUT2D eigenvalue weighted by Crippen LogP contribution is -2.32. The third-order valence-corrected chi connectivity index (χ3v) is 6.65. The summed E-state index contributed by atoms with van der Waals surface area (Å²) in [7, 11) is 3.43. The van der Waals surface area contributed by atoms with Gasteiger partial charge in [-0.15, -0.1) is 9.60 Å². The molecule has 1 aliphatic carbocycles. The summed E-state index contributed by atoms with van der Waals surface area (Å²) < 4.78 is 18.7. The summed E-state index contributed by atoms with van der Waals surface area (Å²) >= 11 is 3.56. The van der Waals surface area contributed by atoms with Crippen molar-refractivity contribution in [2.75, 3.05) is 26.0 Å². The van der Waals surface area contributed by atoms with E-state index in [9.17, 15) is 4.48 Å². The highest BCUT2D eigenvalue weighted by atomic mass is 79.9. The molecule has 0 spiro atoms. The molecular formula is C22H29BrFN5O. The number of aromatic nitrogens is 1. The number of hydrogen-bond donors (Lipinski definition) is 1. The number of furan rings is 1. The van der Waals surface area contributed by atoms with Crippen LogP contribution < -0.4 is 5.32 Å². The van der Waals surface area contributed by atoms with Gasteiger partial charge in [0.2, 0.25) is 5.76 Å². The van der Waals surface area contributed by atoms with Gasteiger partial charge in [-0.1, -0.05) is 25.8 Å². The Balaban J connectivity index is 0.000000199. The van der Waals surface area contributed by atoms with Crippen LogP contribution in [0.25, 0.3) is 11.0 Å². The highest BCUT2D eigenvalue weighted by Gasteiger charge is 2.24. The Hall–Kier alpha value is -2.11. The average Bonchev–Trinajstić information content (AvgIpc) is 3.30. The smallest absolute Gasteiger partial charge is 0.204 e. The lowest BCUT2D eigenvalue weighted by Gasteiger charge is -2.23. The van der Waals surface area contributed by atoms with E-state index in [1.807, 2.05) is 13.1 Å². The van der Waals surface area contributed by atoms with Crippen molar-refractivity contribution in [1.82, 2.24) is 15.0 Å². The van der Waals surface area contributed by atoms with Crippen molar-refractivity contribution in [3.8, 4) is 6.07 Å². The number of likely N-dealkylation sites (N-methyl/N-ethyl adjacent to an activating group) is 2. The fourth-order valence-electron chi connectivity index (χ4n) is 4.04. The second-order valence-corrected chi connectivity index (χ2v) is 8.85. The average molecular weight is 478 g/mol. The van der Waals surface area contributed by atoms with E-state index < -0.39 is 0 Å². The standard InChI is InChI=1S/C14H14BrN3O.C8H15FN2/c15-13-11-6-10(7-16)19-12(11)8-17-14(13)18-9-4-2-1-3-5-9;1-7-4-5-8(11(7)3)6-10(2)9/h6,8-9H,1-5H2,(H,17,18);8H,1,4-6H2,2-3H3. The maximum absolute atomic E-state index is 12.4. The molecule has 0 aromatic carbocycles. The number of likely N-dealkylation sites (tertiary alicyclic amines) is 1. The Bertz CT molecular complexity index is 916. The fraction of sp³-hybridized carbons (Fsp3) is 0.545. The van der Waals surface area contributed by atoms with Gasteiger partial charge in [0.1, 0.15) is 11.9 Å². The van der Waals surface area contributed by atoms with Crippen molar-refractivity contribution in [3.05, 3.63) is 34.8 Å². The fourth-order valence-corrected chi connectivity index (χ4v) is 4.57. The third kappa shape index (κ3) is 5.52. The minimum atomic E-state index is 0.312. The Morgan fingerprint density at radius 3 is 2.73 bits per heavy atom. The van der Waals surface area contributed by atoms with Gasteiger partial charge >= 0.3 is 0 Å². The molecule has 3 heterocycles. The number of pyridine rings is 1. The predicted octanol–water partition coefficient (Wildman–Crippen LogP) is 5.62. The van der Waals surface area contributed by atoms with Gasteiger partial charge in [-0.25, -0.2) is 4.98 Å². The Morgan fingerprint density at radius 1 is 1.40 bits per heavy atom. The van der Waals surface area contributed by atoms with E-state index in [2.05, 4.69) is 37.7 Å². The normalized spacial score (nSPS) is 19.7. The molecule has 162 valence electrons. The van der Waals surface area contributed by atoms with Gasteiger partial charge in [0.05, 0.1) is 10.7 Å². The predicted molar refractivity (Wildman–Crippen MR) is 121 cm³/mol. The molecule has 30 heavy (non-hydrogen) atoms. The summed E-state index contributed by atoms with van der Waals surface area (Å²) in [5, 5.41) is 14.0. The molecule has 8 heteroatoms. The lowest BCUT2D eigenvalue weighted by atomic mass is 9.95. The monoisotopic (exact) mass is 477 g/mol. The van der Waals surface area contributed by atoms with Gasteiger partial charge in [-0.3, -0.25) is 0 Å². The molecule has 2 aromatic rings. The van der Waals surface area contributed by atoms with Crippen LogP contribution in [0.3, 0.4) is 0 Å². The first-order valence-corrected chi connectivity index (χ1v) is 11.2. The maximum atomic E-state index is 12.4. The first kappa shape index (κ1) is 22.6. The van der Waals surface area contributed by atoms with Crippen LogP contribution in [0.4, 0.5) is 10.3 Å².